The van der Waals surface area contributed by atoms with Gasteiger partial charge in [0.05, 0.1) is 18.7 Å². The minimum absolute atomic E-state index is 0.255. The summed E-state index contributed by atoms with van der Waals surface area (Å²) in [6, 6.07) is 18.7. The number of pyridine rings is 1. The Hall–Kier alpha value is -3.67. The Labute approximate surface area is 162 Å². The Morgan fingerprint density at radius 3 is 2.18 bits per heavy atom. The lowest BCUT2D eigenvalue weighted by Gasteiger charge is -2.16. The van der Waals surface area contributed by atoms with Gasteiger partial charge in [0.2, 0.25) is 5.88 Å². The van der Waals surface area contributed by atoms with E-state index in [0.29, 0.717) is 5.88 Å². The first kappa shape index (κ1) is 17.7. The zero-order valence-electron chi connectivity index (χ0n) is 15.2. The van der Waals surface area contributed by atoms with E-state index in [2.05, 4.69) is 10.3 Å². The van der Waals surface area contributed by atoms with Gasteiger partial charge < -0.3 is 14.8 Å². The van der Waals surface area contributed by atoms with Gasteiger partial charge in [0.25, 0.3) is 5.91 Å². The van der Waals surface area contributed by atoms with Gasteiger partial charge in [-0.1, -0.05) is 48.5 Å². The summed E-state index contributed by atoms with van der Waals surface area (Å²) >= 11 is 0. The predicted molar refractivity (Wildman–Crippen MR) is 103 cm³/mol. The molecule has 1 heterocycles. The molecule has 140 valence electrons. The normalized spacial score (nSPS) is 12.0. The number of nitrogens with one attached hydrogen (secondary N) is 1. The second-order valence-electron chi connectivity index (χ2n) is 6.34. The van der Waals surface area contributed by atoms with E-state index in [0.717, 1.165) is 22.3 Å². The molecule has 0 fully saturated rings. The van der Waals surface area contributed by atoms with E-state index in [4.69, 9.17) is 9.47 Å². The molecule has 4 rings (SSSR count). The first-order valence-electron chi connectivity index (χ1n) is 8.82. The minimum atomic E-state index is -0.613. The molecule has 1 aromatic heterocycles. The summed E-state index contributed by atoms with van der Waals surface area (Å²) in [5, 5.41) is 2.96. The number of fused-ring (bicyclic) bond motifs is 3. The predicted octanol–water partition coefficient (Wildman–Crippen LogP) is 3.13. The maximum Gasteiger partial charge on any atom is 0.340 e. The highest BCUT2D eigenvalue weighted by molar-refractivity contribution is 5.91. The molecule has 1 aliphatic carbocycles. The number of ether oxygens (including phenoxy) is 2. The second-order valence-corrected chi connectivity index (χ2v) is 6.34. The maximum atomic E-state index is 12.4. The average molecular weight is 374 g/mol. The first-order chi connectivity index (χ1) is 13.7. The molecule has 0 spiro atoms. The molecule has 0 unspecified atom stereocenters. The fraction of sp³-hybridized carbons (Fsp3) is 0.136. The highest BCUT2D eigenvalue weighted by Gasteiger charge is 2.29. The molecule has 0 saturated heterocycles. The molecule has 3 aromatic rings. The Balaban J connectivity index is 1.43. The van der Waals surface area contributed by atoms with Crippen LogP contribution in [0.15, 0.2) is 66.9 Å². The lowest BCUT2D eigenvalue weighted by atomic mass is 10.1. The monoisotopic (exact) mass is 374 g/mol. The van der Waals surface area contributed by atoms with Crippen LogP contribution in [-0.4, -0.2) is 30.6 Å². The summed E-state index contributed by atoms with van der Waals surface area (Å²) in [5.41, 5.74) is 4.52. The third-order valence-corrected chi connectivity index (χ3v) is 4.65. The summed E-state index contributed by atoms with van der Waals surface area (Å²) in [7, 11) is 1.49. The molecule has 28 heavy (non-hydrogen) atoms. The topological polar surface area (TPSA) is 77.5 Å². The minimum Gasteiger partial charge on any atom is -0.481 e. The number of carbonyl (C=O) groups excluding carboxylic acids is 2. The third kappa shape index (κ3) is 3.32. The van der Waals surface area contributed by atoms with Crippen LogP contribution in [0.1, 0.15) is 27.5 Å². The van der Waals surface area contributed by atoms with Crippen molar-refractivity contribution in [3.8, 4) is 17.0 Å². The van der Waals surface area contributed by atoms with Crippen molar-refractivity contribution in [2.45, 2.75) is 6.04 Å². The summed E-state index contributed by atoms with van der Waals surface area (Å²) in [4.78, 5) is 28.5. The van der Waals surface area contributed by atoms with Crippen molar-refractivity contribution in [2.24, 2.45) is 0 Å². The van der Waals surface area contributed by atoms with E-state index < -0.39 is 5.97 Å². The van der Waals surface area contributed by atoms with Gasteiger partial charge in [0.15, 0.2) is 6.61 Å². The smallest absolute Gasteiger partial charge is 0.340 e. The zero-order chi connectivity index (χ0) is 19.5. The summed E-state index contributed by atoms with van der Waals surface area (Å²) in [5.74, 6) is -0.586. The van der Waals surface area contributed by atoms with Crippen molar-refractivity contribution >= 4 is 11.9 Å². The van der Waals surface area contributed by atoms with E-state index in [1.54, 1.807) is 6.07 Å². The van der Waals surface area contributed by atoms with Crippen molar-refractivity contribution in [1.82, 2.24) is 10.3 Å². The van der Waals surface area contributed by atoms with Gasteiger partial charge in [0, 0.05) is 12.3 Å². The van der Waals surface area contributed by atoms with E-state index in [9.17, 15) is 9.59 Å². The number of esters is 1. The number of aromatic nitrogens is 1. The fourth-order valence-electron chi connectivity index (χ4n) is 3.35. The molecule has 1 amide bonds. The number of carbonyl (C=O) groups is 2. The van der Waals surface area contributed by atoms with Gasteiger partial charge in [-0.15, -0.1) is 0 Å². The van der Waals surface area contributed by atoms with Crippen LogP contribution in [0.3, 0.4) is 0 Å². The highest BCUT2D eigenvalue weighted by atomic mass is 16.5. The van der Waals surface area contributed by atoms with E-state index >= 15 is 0 Å². The number of hydrogen-bond donors (Lipinski definition) is 1. The molecular formula is C22H18N2O4. The Morgan fingerprint density at radius 2 is 1.61 bits per heavy atom. The van der Waals surface area contributed by atoms with Crippen LogP contribution in [0.5, 0.6) is 5.88 Å². The van der Waals surface area contributed by atoms with Gasteiger partial charge in [0.1, 0.15) is 0 Å². The number of benzene rings is 2. The number of hydrogen-bond acceptors (Lipinski definition) is 5. The Kier molecular flexibility index (Phi) is 4.76. The van der Waals surface area contributed by atoms with Gasteiger partial charge in [-0.25, -0.2) is 9.78 Å². The molecule has 0 aliphatic heterocycles. The summed E-state index contributed by atoms with van der Waals surface area (Å²) < 4.78 is 10.1. The Morgan fingerprint density at radius 1 is 0.964 bits per heavy atom. The molecule has 0 radical (unpaired) electrons. The number of amides is 1. The van der Waals surface area contributed by atoms with Crippen molar-refractivity contribution in [3.05, 3.63) is 83.6 Å². The second kappa shape index (κ2) is 7.52. The molecular weight excluding hydrogens is 356 g/mol. The molecule has 1 N–H and O–H groups in total. The van der Waals surface area contributed by atoms with E-state index in [1.807, 2.05) is 48.5 Å². The quantitative estimate of drug-likeness (QED) is 0.694. The zero-order valence-corrected chi connectivity index (χ0v) is 15.2. The highest BCUT2D eigenvalue weighted by Crippen LogP contribution is 2.42. The summed E-state index contributed by atoms with van der Waals surface area (Å²) in [6.07, 6.45) is 1.35. The van der Waals surface area contributed by atoms with Crippen LogP contribution in [-0.2, 0) is 9.53 Å². The molecule has 0 bridgehead atoms. The third-order valence-electron chi connectivity index (χ3n) is 4.65. The molecule has 6 heteroatoms. The molecule has 0 saturated carbocycles. The molecule has 1 aliphatic rings. The maximum absolute atomic E-state index is 12.4. The van der Waals surface area contributed by atoms with Crippen LogP contribution in [0.4, 0.5) is 0 Å². The summed E-state index contributed by atoms with van der Waals surface area (Å²) in [6.45, 7) is -0.369. The van der Waals surface area contributed by atoms with Gasteiger partial charge >= 0.3 is 5.97 Å². The molecule has 6 nitrogen and oxygen atoms in total. The van der Waals surface area contributed by atoms with Crippen LogP contribution in [0.25, 0.3) is 11.1 Å². The van der Waals surface area contributed by atoms with Gasteiger partial charge in [-0.3, -0.25) is 4.79 Å². The Bertz CT molecular complexity index is 985. The number of methoxy groups -OCH3 is 1. The molecule has 0 atom stereocenters. The van der Waals surface area contributed by atoms with Gasteiger partial charge in [-0.05, 0) is 28.3 Å². The van der Waals surface area contributed by atoms with Crippen LogP contribution >= 0.6 is 0 Å². The van der Waals surface area contributed by atoms with Crippen molar-refractivity contribution in [1.29, 1.82) is 0 Å². The van der Waals surface area contributed by atoms with E-state index in [-0.39, 0.29) is 24.1 Å². The van der Waals surface area contributed by atoms with Crippen molar-refractivity contribution in [2.75, 3.05) is 13.7 Å². The largest absolute Gasteiger partial charge is 0.481 e. The van der Waals surface area contributed by atoms with Crippen molar-refractivity contribution < 1.29 is 19.1 Å². The standard InChI is InChI=1S/C22H18N2O4/c1-27-20-11-10-14(12-23-20)22(26)28-13-19(25)24-21-17-8-4-2-6-15(17)16-7-3-5-9-18(16)21/h2-12,21H,13H2,1H3,(H,24,25). The van der Waals surface area contributed by atoms with E-state index in [1.165, 1.54) is 19.4 Å². The number of rotatable bonds is 5. The van der Waals surface area contributed by atoms with Crippen LogP contribution in [0, 0.1) is 0 Å². The fourth-order valence-corrected chi connectivity index (χ4v) is 3.35. The van der Waals surface area contributed by atoms with Crippen LogP contribution < -0.4 is 10.1 Å². The molecule has 2 aromatic carbocycles. The lowest BCUT2D eigenvalue weighted by molar-refractivity contribution is -0.124. The number of nitrogens with zero attached hydrogens (tertiary/aromatic N) is 1. The van der Waals surface area contributed by atoms with Gasteiger partial charge in [-0.2, -0.15) is 0 Å². The van der Waals surface area contributed by atoms with Crippen molar-refractivity contribution in [3.63, 3.8) is 0 Å². The van der Waals surface area contributed by atoms with Crippen LogP contribution in [0.2, 0.25) is 0 Å². The SMILES string of the molecule is COc1ccc(C(=O)OCC(=O)NC2c3ccccc3-c3ccccc32)cn1. The first-order valence-corrected chi connectivity index (χ1v) is 8.82. The average Bonchev–Trinajstić information content (AvgIpc) is 3.06. The lowest BCUT2D eigenvalue weighted by Crippen LogP contribution is -2.32.